The molecule has 74 valence electrons. The van der Waals surface area contributed by atoms with Crippen LogP contribution in [0.4, 0.5) is 0 Å². The number of carbonyl (C=O) groups is 2. The van der Waals surface area contributed by atoms with Crippen molar-refractivity contribution in [3.63, 3.8) is 0 Å². The van der Waals surface area contributed by atoms with E-state index in [9.17, 15) is 9.59 Å². The molecular formula is C7H13N3O3. The fourth-order valence-electron chi connectivity index (χ4n) is 1.13. The Kier molecular flexibility index (Phi) is 3.21. The van der Waals surface area contributed by atoms with Gasteiger partial charge in [0.2, 0.25) is 11.8 Å². The summed E-state index contributed by atoms with van der Waals surface area (Å²) in [5, 5.41) is 8.58. The molecular weight excluding hydrogens is 174 g/mol. The number of aliphatic hydroxyl groups excluding tert-OH is 1. The molecule has 0 aromatic carbocycles. The van der Waals surface area contributed by atoms with E-state index in [1.165, 1.54) is 4.90 Å². The number of nitrogens with zero attached hydrogens (tertiary/aromatic N) is 1. The minimum Gasteiger partial charge on any atom is -0.395 e. The van der Waals surface area contributed by atoms with Gasteiger partial charge < -0.3 is 10.0 Å². The zero-order valence-corrected chi connectivity index (χ0v) is 7.41. The Morgan fingerprint density at radius 2 is 2.46 bits per heavy atom. The molecule has 3 N–H and O–H groups in total. The van der Waals surface area contributed by atoms with Gasteiger partial charge in [-0.25, -0.2) is 5.43 Å². The zero-order chi connectivity index (χ0) is 9.84. The Morgan fingerprint density at radius 3 is 2.92 bits per heavy atom. The Bertz CT molecular complexity index is 219. The summed E-state index contributed by atoms with van der Waals surface area (Å²) in [7, 11) is 1.59. The zero-order valence-electron chi connectivity index (χ0n) is 7.41. The average Bonchev–Trinajstić information content (AvgIpc) is 2.51. The van der Waals surface area contributed by atoms with Crippen molar-refractivity contribution in [1.82, 2.24) is 15.8 Å². The van der Waals surface area contributed by atoms with Gasteiger partial charge in [-0.1, -0.05) is 0 Å². The molecule has 2 amide bonds. The number of rotatable bonds is 3. The predicted octanol–water partition coefficient (Wildman–Crippen LogP) is -2.17. The van der Waals surface area contributed by atoms with Crippen molar-refractivity contribution in [2.75, 3.05) is 20.2 Å². The number of hydrogen-bond acceptors (Lipinski definition) is 4. The first-order valence-corrected chi connectivity index (χ1v) is 4.05. The number of aliphatic hydroxyl groups is 1. The van der Waals surface area contributed by atoms with Gasteiger partial charge in [-0.05, 0) is 0 Å². The predicted molar refractivity (Wildman–Crippen MR) is 44.4 cm³/mol. The molecule has 13 heavy (non-hydrogen) atoms. The summed E-state index contributed by atoms with van der Waals surface area (Å²) in [4.78, 5) is 23.6. The number of likely N-dealkylation sites (N-methyl/N-ethyl adjacent to an activating group) is 1. The van der Waals surface area contributed by atoms with E-state index in [4.69, 9.17) is 5.11 Å². The van der Waals surface area contributed by atoms with Crippen LogP contribution in [0.1, 0.15) is 6.42 Å². The van der Waals surface area contributed by atoms with E-state index < -0.39 is 6.04 Å². The molecule has 6 heteroatoms. The second kappa shape index (κ2) is 4.20. The van der Waals surface area contributed by atoms with Gasteiger partial charge in [0.15, 0.2) is 0 Å². The van der Waals surface area contributed by atoms with E-state index in [0.29, 0.717) is 0 Å². The topological polar surface area (TPSA) is 81.7 Å². The number of nitrogens with one attached hydrogen (secondary N) is 2. The molecule has 1 aliphatic heterocycles. The molecule has 1 saturated heterocycles. The van der Waals surface area contributed by atoms with Gasteiger partial charge in [0.05, 0.1) is 13.0 Å². The highest BCUT2D eigenvalue weighted by atomic mass is 16.3. The summed E-state index contributed by atoms with van der Waals surface area (Å²) in [6.45, 7) is 0.210. The van der Waals surface area contributed by atoms with Crippen molar-refractivity contribution in [3.8, 4) is 0 Å². The SMILES string of the molecule is CN(CCO)C(=O)C1CC(=O)NN1. The van der Waals surface area contributed by atoms with Gasteiger partial charge in [0.25, 0.3) is 0 Å². The van der Waals surface area contributed by atoms with Crippen LogP contribution in [0.25, 0.3) is 0 Å². The highest BCUT2D eigenvalue weighted by Crippen LogP contribution is 2.01. The van der Waals surface area contributed by atoms with E-state index in [-0.39, 0.29) is 31.4 Å². The van der Waals surface area contributed by atoms with Crippen molar-refractivity contribution >= 4 is 11.8 Å². The lowest BCUT2D eigenvalue weighted by atomic mass is 10.2. The maximum Gasteiger partial charge on any atom is 0.241 e. The summed E-state index contributed by atoms with van der Waals surface area (Å²) in [6.07, 6.45) is 0.161. The number of hydrogen-bond donors (Lipinski definition) is 3. The fourth-order valence-corrected chi connectivity index (χ4v) is 1.13. The second-order valence-corrected chi connectivity index (χ2v) is 2.93. The van der Waals surface area contributed by atoms with Gasteiger partial charge in [-0.3, -0.25) is 15.0 Å². The molecule has 0 spiro atoms. The molecule has 1 fully saturated rings. The van der Waals surface area contributed by atoms with Crippen LogP contribution in [-0.4, -0.2) is 48.1 Å². The third-order valence-corrected chi connectivity index (χ3v) is 1.89. The third kappa shape index (κ3) is 2.40. The first-order chi connectivity index (χ1) is 6.15. The molecule has 0 radical (unpaired) electrons. The van der Waals surface area contributed by atoms with Gasteiger partial charge in [0, 0.05) is 13.6 Å². The Morgan fingerprint density at radius 1 is 1.77 bits per heavy atom. The Hall–Kier alpha value is -1.14. The quantitative estimate of drug-likeness (QED) is 0.469. The first kappa shape index (κ1) is 9.94. The molecule has 6 nitrogen and oxygen atoms in total. The fraction of sp³-hybridized carbons (Fsp3) is 0.714. The average molecular weight is 187 g/mol. The standard InChI is InChI=1S/C7H13N3O3/c1-10(2-3-11)7(13)5-4-6(12)9-8-5/h5,8,11H,2-4H2,1H3,(H,9,12). The first-order valence-electron chi connectivity index (χ1n) is 4.05. The van der Waals surface area contributed by atoms with E-state index in [0.717, 1.165) is 0 Å². The van der Waals surface area contributed by atoms with Crippen LogP contribution in [0.3, 0.4) is 0 Å². The summed E-state index contributed by atoms with van der Waals surface area (Å²) < 4.78 is 0. The molecule has 1 rings (SSSR count). The normalized spacial score (nSPS) is 21.4. The number of hydrazine groups is 1. The van der Waals surface area contributed by atoms with E-state index in [2.05, 4.69) is 10.9 Å². The van der Waals surface area contributed by atoms with Gasteiger partial charge in [-0.2, -0.15) is 0 Å². The van der Waals surface area contributed by atoms with E-state index in [1.54, 1.807) is 7.05 Å². The Labute approximate surface area is 75.9 Å². The minimum absolute atomic E-state index is 0.0731. The second-order valence-electron chi connectivity index (χ2n) is 2.93. The van der Waals surface area contributed by atoms with Crippen LogP contribution in [0.2, 0.25) is 0 Å². The molecule has 1 heterocycles. The Balaban J connectivity index is 2.43. The highest BCUT2D eigenvalue weighted by molar-refractivity contribution is 5.90. The van der Waals surface area contributed by atoms with Crippen LogP contribution in [0.15, 0.2) is 0 Å². The van der Waals surface area contributed by atoms with Crippen LogP contribution in [0.5, 0.6) is 0 Å². The van der Waals surface area contributed by atoms with Gasteiger partial charge in [0.1, 0.15) is 6.04 Å². The largest absolute Gasteiger partial charge is 0.395 e. The van der Waals surface area contributed by atoms with E-state index >= 15 is 0 Å². The van der Waals surface area contributed by atoms with Gasteiger partial charge >= 0.3 is 0 Å². The van der Waals surface area contributed by atoms with Crippen LogP contribution < -0.4 is 10.9 Å². The number of carbonyl (C=O) groups excluding carboxylic acids is 2. The van der Waals surface area contributed by atoms with E-state index in [1.807, 2.05) is 0 Å². The lowest BCUT2D eigenvalue weighted by Crippen LogP contribution is -2.44. The van der Waals surface area contributed by atoms with Crippen LogP contribution in [0, 0.1) is 0 Å². The van der Waals surface area contributed by atoms with Crippen molar-refractivity contribution in [2.45, 2.75) is 12.5 Å². The highest BCUT2D eigenvalue weighted by Gasteiger charge is 2.29. The van der Waals surface area contributed by atoms with Crippen molar-refractivity contribution in [3.05, 3.63) is 0 Å². The monoisotopic (exact) mass is 187 g/mol. The molecule has 0 aliphatic carbocycles. The van der Waals surface area contributed by atoms with Gasteiger partial charge in [-0.15, -0.1) is 0 Å². The van der Waals surface area contributed by atoms with Crippen LogP contribution >= 0.6 is 0 Å². The summed E-state index contributed by atoms with van der Waals surface area (Å²) in [5.41, 5.74) is 4.92. The number of amides is 2. The maximum atomic E-state index is 11.4. The third-order valence-electron chi connectivity index (χ3n) is 1.89. The van der Waals surface area contributed by atoms with Crippen molar-refractivity contribution < 1.29 is 14.7 Å². The molecule has 0 bridgehead atoms. The molecule has 1 aliphatic rings. The molecule has 1 atom stereocenters. The summed E-state index contributed by atoms with van der Waals surface area (Å²) in [6, 6.07) is -0.496. The van der Waals surface area contributed by atoms with Crippen LogP contribution in [-0.2, 0) is 9.59 Å². The smallest absolute Gasteiger partial charge is 0.241 e. The lowest BCUT2D eigenvalue weighted by molar-refractivity contribution is -0.132. The van der Waals surface area contributed by atoms with Crippen molar-refractivity contribution in [2.24, 2.45) is 0 Å². The summed E-state index contributed by atoms with van der Waals surface area (Å²) >= 11 is 0. The molecule has 0 saturated carbocycles. The minimum atomic E-state index is -0.496. The lowest BCUT2D eigenvalue weighted by Gasteiger charge is -2.18. The molecule has 1 unspecified atom stereocenters. The van der Waals surface area contributed by atoms with Crippen molar-refractivity contribution in [1.29, 1.82) is 0 Å². The molecule has 0 aromatic heterocycles. The molecule has 0 aromatic rings. The summed E-state index contributed by atoms with van der Waals surface area (Å²) in [5.74, 6) is -0.372. The maximum absolute atomic E-state index is 11.4.